The average molecular weight is 316 g/mol. The first-order valence-electron chi connectivity index (χ1n) is 7.43. The molecular formula is C17H20N2O4. The number of nitrogens with one attached hydrogen (secondary N) is 2. The number of Topliss-reactive ketones (excluding diaryl/α,β-unsaturated/α-hetero) is 1. The molecule has 2 N–H and O–H groups in total. The maximum absolute atomic E-state index is 11.9. The van der Waals surface area contributed by atoms with Crippen LogP contribution in [0.4, 0.5) is 0 Å². The lowest BCUT2D eigenvalue weighted by molar-refractivity contribution is -0.151. The minimum Gasteiger partial charge on any atom is -0.468 e. The van der Waals surface area contributed by atoms with E-state index in [0.717, 1.165) is 16.5 Å². The van der Waals surface area contributed by atoms with Gasteiger partial charge in [-0.1, -0.05) is 18.2 Å². The Kier molecular flexibility index (Phi) is 5.51. The number of methoxy groups -OCH3 is 1. The molecule has 0 spiro atoms. The average Bonchev–Trinajstić information content (AvgIpc) is 2.95. The Labute approximate surface area is 134 Å². The topological polar surface area (TPSA) is 88.3 Å². The van der Waals surface area contributed by atoms with Crippen molar-refractivity contribution >= 4 is 28.6 Å². The number of H-pyrrole nitrogens is 1. The molecule has 1 unspecified atom stereocenters. The Balaban J connectivity index is 1.87. The van der Waals surface area contributed by atoms with Crippen LogP contribution in [0.5, 0.6) is 0 Å². The molecule has 0 radical (unpaired) electrons. The van der Waals surface area contributed by atoms with Crippen LogP contribution in [-0.4, -0.2) is 36.3 Å². The van der Waals surface area contributed by atoms with Crippen LogP contribution in [0, 0.1) is 5.92 Å². The third-order valence-corrected chi connectivity index (χ3v) is 3.76. The van der Waals surface area contributed by atoms with Gasteiger partial charge in [-0.05, 0) is 25.0 Å². The van der Waals surface area contributed by atoms with Crippen LogP contribution in [0.2, 0.25) is 0 Å². The van der Waals surface area contributed by atoms with Crippen molar-refractivity contribution in [1.29, 1.82) is 0 Å². The molecule has 2 rings (SSSR count). The first kappa shape index (κ1) is 16.7. The maximum Gasteiger partial charge on any atom is 0.316 e. The van der Waals surface area contributed by atoms with Gasteiger partial charge < -0.3 is 15.0 Å². The predicted molar refractivity (Wildman–Crippen MR) is 85.8 cm³/mol. The Hall–Kier alpha value is -2.63. The molecule has 1 heterocycles. The molecule has 0 saturated carbocycles. The van der Waals surface area contributed by atoms with E-state index in [-0.39, 0.29) is 18.1 Å². The first-order valence-corrected chi connectivity index (χ1v) is 7.43. The molecule has 1 aromatic carbocycles. The van der Waals surface area contributed by atoms with Gasteiger partial charge in [-0.2, -0.15) is 0 Å². The standard InChI is InChI=1S/C17H20N2O4/c1-11(20)14(17(22)23-2)9-16(21)18-8-7-12-10-19-15-6-4-3-5-13(12)15/h3-6,10,14,19H,7-9H2,1-2H3,(H,18,21). The van der Waals surface area contributed by atoms with Crippen LogP contribution in [0.1, 0.15) is 18.9 Å². The van der Waals surface area contributed by atoms with Gasteiger partial charge in [0, 0.05) is 30.1 Å². The predicted octanol–water partition coefficient (Wildman–Crippen LogP) is 1.59. The van der Waals surface area contributed by atoms with Crippen LogP contribution in [-0.2, 0) is 25.5 Å². The van der Waals surface area contributed by atoms with Crippen LogP contribution in [0.25, 0.3) is 10.9 Å². The van der Waals surface area contributed by atoms with Crippen LogP contribution in [0.15, 0.2) is 30.5 Å². The van der Waals surface area contributed by atoms with E-state index in [1.807, 2.05) is 30.5 Å². The number of hydrogen-bond donors (Lipinski definition) is 2. The summed E-state index contributed by atoms with van der Waals surface area (Å²) >= 11 is 0. The van der Waals surface area contributed by atoms with Gasteiger partial charge in [0.25, 0.3) is 0 Å². The molecule has 1 aromatic heterocycles. The van der Waals surface area contributed by atoms with E-state index in [1.165, 1.54) is 14.0 Å². The van der Waals surface area contributed by atoms with Gasteiger partial charge in [0.1, 0.15) is 11.7 Å². The number of benzene rings is 1. The number of carbonyl (C=O) groups is 3. The molecule has 1 amide bonds. The highest BCUT2D eigenvalue weighted by atomic mass is 16.5. The number of aromatic amines is 1. The Morgan fingerprint density at radius 3 is 2.70 bits per heavy atom. The summed E-state index contributed by atoms with van der Waals surface area (Å²) in [5.74, 6) is -2.42. The summed E-state index contributed by atoms with van der Waals surface area (Å²) in [5, 5.41) is 3.86. The second-order valence-electron chi connectivity index (χ2n) is 5.35. The second-order valence-corrected chi connectivity index (χ2v) is 5.35. The largest absolute Gasteiger partial charge is 0.468 e. The molecule has 23 heavy (non-hydrogen) atoms. The SMILES string of the molecule is COC(=O)C(CC(=O)NCCc1c[nH]c2ccccc12)C(C)=O. The lowest BCUT2D eigenvalue weighted by Crippen LogP contribution is -2.33. The number of hydrogen-bond acceptors (Lipinski definition) is 4. The molecule has 0 aliphatic heterocycles. The summed E-state index contributed by atoms with van der Waals surface area (Å²) in [6.07, 6.45) is 2.40. The number of esters is 1. The third kappa shape index (κ3) is 4.18. The molecule has 6 heteroatoms. The highest BCUT2D eigenvalue weighted by molar-refractivity contribution is 6.01. The summed E-state index contributed by atoms with van der Waals surface area (Å²) in [4.78, 5) is 37.9. The van der Waals surface area contributed by atoms with E-state index < -0.39 is 11.9 Å². The van der Waals surface area contributed by atoms with E-state index in [1.54, 1.807) is 0 Å². The van der Waals surface area contributed by atoms with Crippen molar-refractivity contribution in [2.75, 3.05) is 13.7 Å². The molecule has 0 aliphatic rings. The van der Waals surface area contributed by atoms with Gasteiger partial charge in [0.15, 0.2) is 0 Å². The zero-order valence-electron chi connectivity index (χ0n) is 13.2. The maximum atomic E-state index is 11.9. The molecule has 1 atom stereocenters. The minimum atomic E-state index is -1.03. The number of rotatable bonds is 7. The Morgan fingerprint density at radius 2 is 2.00 bits per heavy atom. The quantitative estimate of drug-likeness (QED) is 0.600. The smallest absolute Gasteiger partial charge is 0.316 e. The molecule has 0 aliphatic carbocycles. The van der Waals surface area contributed by atoms with E-state index >= 15 is 0 Å². The number of fused-ring (bicyclic) bond motifs is 1. The number of amides is 1. The van der Waals surface area contributed by atoms with Crippen molar-refractivity contribution in [3.63, 3.8) is 0 Å². The van der Waals surface area contributed by atoms with Gasteiger partial charge >= 0.3 is 5.97 Å². The zero-order chi connectivity index (χ0) is 16.8. The summed E-state index contributed by atoms with van der Waals surface area (Å²) in [6.45, 7) is 1.72. The van der Waals surface area contributed by atoms with Gasteiger partial charge in [0.2, 0.25) is 5.91 Å². The number of ether oxygens (including phenoxy) is 1. The fourth-order valence-corrected chi connectivity index (χ4v) is 2.47. The molecule has 0 bridgehead atoms. The molecule has 6 nitrogen and oxygen atoms in total. The number of carbonyl (C=O) groups excluding carboxylic acids is 3. The number of para-hydroxylation sites is 1. The van der Waals surface area contributed by atoms with Crippen LogP contribution < -0.4 is 5.32 Å². The van der Waals surface area contributed by atoms with Crippen molar-refractivity contribution in [2.45, 2.75) is 19.8 Å². The van der Waals surface area contributed by atoms with E-state index in [9.17, 15) is 14.4 Å². The van der Waals surface area contributed by atoms with E-state index in [4.69, 9.17) is 0 Å². The fraction of sp³-hybridized carbons (Fsp3) is 0.353. The molecule has 0 fully saturated rings. The van der Waals surface area contributed by atoms with Gasteiger partial charge in [-0.25, -0.2) is 0 Å². The molecule has 122 valence electrons. The van der Waals surface area contributed by atoms with Gasteiger partial charge in [0.05, 0.1) is 7.11 Å². The summed E-state index contributed by atoms with van der Waals surface area (Å²) in [5.41, 5.74) is 2.16. The van der Waals surface area contributed by atoms with Crippen LogP contribution in [0.3, 0.4) is 0 Å². The lowest BCUT2D eigenvalue weighted by Gasteiger charge is -2.11. The second kappa shape index (κ2) is 7.58. The normalized spacial score (nSPS) is 11.9. The number of ketones is 1. The van der Waals surface area contributed by atoms with Crippen molar-refractivity contribution in [2.24, 2.45) is 5.92 Å². The van der Waals surface area contributed by atoms with Crippen molar-refractivity contribution in [1.82, 2.24) is 10.3 Å². The van der Waals surface area contributed by atoms with E-state index in [2.05, 4.69) is 15.0 Å². The Morgan fingerprint density at radius 1 is 1.26 bits per heavy atom. The highest BCUT2D eigenvalue weighted by Gasteiger charge is 2.26. The van der Waals surface area contributed by atoms with Crippen LogP contribution >= 0.6 is 0 Å². The van der Waals surface area contributed by atoms with Gasteiger partial charge in [-0.15, -0.1) is 0 Å². The molecular weight excluding hydrogens is 296 g/mol. The van der Waals surface area contributed by atoms with Crippen molar-refractivity contribution < 1.29 is 19.1 Å². The Bertz CT molecular complexity index is 720. The van der Waals surface area contributed by atoms with Crippen molar-refractivity contribution in [3.8, 4) is 0 Å². The summed E-state index contributed by atoms with van der Waals surface area (Å²) in [6, 6.07) is 7.93. The fourth-order valence-electron chi connectivity index (χ4n) is 2.47. The van der Waals surface area contributed by atoms with Gasteiger partial charge in [-0.3, -0.25) is 14.4 Å². The van der Waals surface area contributed by atoms with E-state index in [0.29, 0.717) is 13.0 Å². The third-order valence-electron chi connectivity index (χ3n) is 3.76. The molecule has 0 saturated heterocycles. The summed E-state index contributed by atoms with van der Waals surface area (Å²) < 4.78 is 4.54. The lowest BCUT2D eigenvalue weighted by atomic mass is 10.0. The van der Waals surface area contributed by atoms with Crippen molar-refractivity contribution in [3.05, 3.63) is 36.0 Å². The minimum absolute atomic E-state index is 0.185. The highest BCUT2D eigenvalue weighted by Crippen LogP contribution is 2.17. The first-order chi connectivity index (χ1) is 11.0. The zero-order valence-corrected chi connectivity index (χ0v) is 13.2. The molecule has 2 aromatic rings. The monoisotopic (exact) mass is 316 g/mol. The number of aromatic nitrogens is 1. The summed E-state index contributed by atoms with van der Waals surface area (Å²) in [7, 11) is 1.20.